The molecule has 0 spiro atoms. The number of aliphatic hydroxyl groups is 1. The van der Waals surface area contributed by atoms with E-state index in [4.69, 9.17) is 9.47 Å². The molecular weight excluding hydrogens is 220 g/mol. The number of methoxy groups -OCH3 is 2. The molecule has 2 aromatic rings. The number of ether oxygens (including phenoxy) is 2. The van der Waals surface area contributed by atoms with Crippen molar-refractivity contribution >= 4 is 10.8 Å². The van der Waals surface area contributed by atoms with E-state index in [1.807, 2.05) is 12.1 Å². The van der Waals surface area contributed by atoms with Gasteiger partial charge in [0, 0.05) is 10.9 Å². The zero-order valence-corrected chi connectivity index (χ0v) is 9.73. The number of hydrogen-bond donors (Lipinski definition) is 2. The summed E-state index contributed by atoms with van der Waals surface area (Å²) in [5.41, 5.74) is 0.416. The van der Waals surface area contributed by atoms with Crippen LogP contribution in [0.15, 0.2) is 24.3 Å². The van der Waals surface area contributed by atoms with Crippen molar-refractivity contribution in [1.29, 1.82) is 0 Å². The highest BCUT2D eigenvalue weighted by molar-refractivity contribution is 5.98. The van der Waals surface area contributed by atoms with E-state index >= 15 is 0 Å². The molecule has 0 saturated carbocycles. The summed E-state index contributed by atoms with van der Waals surface area (Å²) in [4.78, 5) is 0. The van der Waals surface area contributed by atoms with E-state index in [0.29, 0.717) is 22.4 Å². The molecule has 4 heteroatoms. The lowest BCUT2D eigenvalue weighted by atomic mass is 10.0. The van der Waals surface area contributed by atoms with E-state index in [2.05, 4.69) is 0 Å². The summed E-state index contributed by atoms with van der Waals surface area (Å²) in [7, 11) is 3.08. The normalized spacial score (nSPS) is 10.5. The molecule has 2 rings (SSSR count). The van der Waals surface area contributed by atoms with Crippen LogP contribution in [0.25, 0.3) is 10.8 Å². The number of aliphatic hydroxyl groups excluding tert-OH is 1. The molecule has 2 N–H and O–H groups in total. The van der Waals surface area contributed by atoms with Gasteiger partial charge in [-0.25, -0.2) is 0 Å². The van der Waals surface area contributed by atoms with Crippen molar-refractivity contribution in [3.63, 3.8) is 0 Å². The minimum absolute atomic E-state index is 0.0285. The zero-order valence-electron chi connectivity index (χ0n) is 9.73. The van der Waals surface area contributed by atoms with Gasteiger partial charge in [0.05, 0.1) is 26.2 Å². The maximum Gasteiger partial charge on any atom is 0.132 e. The Morgan fingerprint density at radius 1 is 1.12 bits per heavy atom. The molecule has 0 atom stereocenters. The van der Waals surface area contributed by atoms with E-state index in [0.717, 1.165) is 5.39 Å². The first-order valence-corrected chi connectivity index (χ1v) is 5.19. The Balaban J connectivity index is 2.89. The number of phenols is 1. The first-order valence-electron chi connectivity index (χ1n) is 5.19. The molecule has 17 heavy (non-hydrogen) atoms. The van der Waals surface area contributed by atoms with Gasteiger partial charge in [0.25, 0.3) is 0 Å². The van der Waals surface area contributed by atoms with E-state index in [9.17, 15) is 10.2 Å². The number of fused-ring (bicyclic) bond motifs is 1. The van der Waals surface area contributed by atoms with Crippen molar-refractivity contribution in [3.8, 4) is 17.2 Å². The first kappa shape index (κ1) is 11.5. The van der Waals surface area contributed by atoms with Crippen LogP contribution in [0.4, 0.5) is 0 Å². The van der Waals surface area contributed by atoms with Crippen LogP contribution >= 0.6 is 0 Å². The Morgan fingerprint density at radius 2 is 1.82 bits per heavy atom. The van der Waals surface area contributed by atoms with Crippen molar-refractivity contribution < 1.29 is 19.7 Å². The minimum atomic E-state index is -0.254. The van der Waals surface area contributed by atoms with Crippen LogP contribution in [0.2, 0.25) is 0 Å². The van der Waals surface area contributed by atoms with Crippen LogP contribution < -0.4 is 9.47 Å². The summed E-state index contributed by atoms with van der Waals surface area (Å²) in [5, 5.41) is 20.6. The molecule has 2 aromatic carbocycles. The van der Waals surface area contributed by atoms with Crippen LogP contribution in [0.1, 0.15) is 5.56 Å². The molecule has 0 fully saturated rings. The molecule has 0 saturated heterocycles. The standard InChI is InChI=1S/C13H14O4/c1-16-10-5-3-4-9-11(17-2)6-8(7-14)13(15)12(9)10/h3-6,14-15H,7H2,1-2H3. The third kappa shape index (κ3) is 1.76. The van der Waals surface area contributed by atoms with Gasteiger partial charge in [-0.1, -0.05) is 12.1 Å². The van der Waals surface area contributed by atoms with Crippen molar-refractivity contribution in [2.75, 3.05) is 14.2 Å². The molecule has 0 amide bonds. The van der Waals surface area contributed by atoms with E-state index in [1.165, 1.54) is 7.11 Å². The van der Waals surface area contributed by atoms with Crippen LogP contribution in [0.3, 0.4) is 0 Å². The van der Waals surface area contributed by atoms with Gasteiger partial charge in [-0.2, -0.15) is 0 Å². The summed E-state index contributed by atoms with van der Waals surface area (Å²) in [6.45, 7) is -0.254. The average Bonchev–Trinajstić information content (AvgIpc) is 2.38. The Morgan fingerprint density at radius 3 is 2.41 bits per heavy atom. The van der Waals surface area contributed by atoms with Crippen LogP contribution in [0.5, 0.6) is 17.2 Å². The lowest BCUT2D eigenvalue weighted by Crippen LogP contribution is -1.93. The molecule has 90 valence electrons. The van der Waals surface area contributed by atoms with Gasteiger partial charge in [0.1, 0.15) is 17.2 Å². The summed E-state index contributed by atoms with van der Waals surface area (Å²) >= 11 is 0. The quantitative estimate of drug-likeness (QED) is 0.853. The third-order valence-corrected chi connectivity index (χ3v) is 2.75. The fraction of sp³-hybridized carbons (Fsp3) is 0.231. The second-order valence-corrected chi connectivity index (χ2v) is 3.63. The molecule has 0 aliphatic heterocycles. The average molecular weight is 234 g/mol. The number of aromatic hydroxyl groups is 1. The van der Waals surface area contributed by atoms with Crippen LogP contribution in [-0.2, 0) is 6.61 Å². The Kier molecular flexibility index (Phi) is 3.06. The molecule has 0 heterocycles. The highest BCUT2D eigenvalue weighted by atomic mass is 16.5. The fourth-order valence-corrected chi connectivity index (χ4v) is 1.91. The SMILES string of the molecule is COc1cc(CO)c(O)c2c(OC)cccc12. The van der Waals surface area contributed by atoms with Gasteiger partial charge >= 0.3 is 0 Å². The molecular formula is C13H14O4. The Labute approximate surface area is 99.0 Å². The maximum absolute atomic E-state index is 10.1. The minimum Gasteiger partial charge on any atom is -0.507 e. The molecule has 4 nitrogen and oxygen atoms in total. The number of rotatable bonds is 3. The number of benzene rings is 2. The van der Waals surface area contributed by atoms with Gasteiger partial charge in [-0.05, 0) is 12.1 Å². The smallest absolute Gasteiger partial charge is 0.132 e. The predicted molar refractivity (Wildman–Crippen MR) is 64.6 cm³/mol. The second-order valence-electron chi connectivity index (χ2n) is 3.63. The van der Waals surface area contributed by atoms with E-state index in [-0.39, 0.29) is 12.4 Å². The lowest BCUT2D eigenvalue weighted by molar-refractivity contribution is 0.275. The van der Waals surface area contributed by atoms with Crippen LogP contribution in [0, 0.1) is 0 Å². The summed E-state index contributed by atoms with van der Waals surface area (Å²) in [5.74, 6) is 1.18. The highest BCUT2D eigenvalue weighted by Gasteiger charge is 2.14. The molecule has 0 aliphatic carbocycles. The van der Waals surface area contributed by atoms with Crippen molar-refractivity contribution in [2.24, 2.45) is 0 Å². The van der Waals surface area contributed by atoms with Gasteiger partial charge in [-0.3, -0.25) is 0 Å². The first-order chi connectivity index (χ1) is 8.22. The van der Waals surface area contributed by atoms with Crippen molar-refractivity contribution in [2.45, 2.75) is 6.61 Å². The van der Waals surface area contributed by atoms with Crippen molar-refractivity contribution in [3.05, 3.63) is 29.8 Å². The topological polar surface area (TPSA) is 58.9 Å². The summed E-state index contributed by atoms with van der Waals surface area (Å²) in [6, 6.07) is 7.03. The van der Waals surface area contributed by atoms with E-state index < -0.39 is 0 Å². The van der Waals surface area contributed by atoms with E-state index in [1.54, 1.807) is 19.2 Å². The number of hydrogen-bond acceptors (Lipinski definition) is 4. The molecule has 0 aromatic heterocycles. The fourth-order valence-electron chi connectivity index (χ4n) is 1.91. The van der Waals surface area contributed by atoms with Gasteiger partial charge in [-0.15, -0.1) is 0 Å². The van der Waals surface area contributed by atoms with Crippen molar-refractivity contribution in [1.82, 2.24) is 0 Å². The molecule has 0 radical (unpaired) electrons. The van der Waals surface area contributed by atoms with Gasteiger partial charge in [0.15, 0.2) is 0 Å². The summed E-state index contributed by atoms with van der Waals surface area (Å²) < 4.78 is 10.5. The predicted octanol–water partition coefficient (Wildman–Crippen LogP) is 2.05. The second kappa shape index (κ2) is 4.51. The molecule has 0 aliphatic rings. The largest absolute Gasteiger partial charge is 0.507 e. The zero-order chi connectivity index (χ0) is 12.4. The Hall–Kier alpha value is -1.94. The Bertz CT molecular complexity index is 549. The van der Waals surface area contributed by atoms with Crippen LogP contribution in [-0.4, -0.2) is 24.4 Å². The maximum atomic E-state index is 10.1. The van der Waals surface area contributed by atoms with Gasteiger partial charge in [0.2, 0.25) is 0 Å². The third-order valence-electron chi connectivity index (χ3n) is 2.75. The summed E-state index contributed by atoms with van der Waals surface area (Å²) in [6.07, 6.45) is 0. The lowest BCUT2D eigenvalue weighted by Gasteiger charge is -2.13. The monoisotopic (exact) mass is 234 g/mol. The molecule has 0 unspecified atom stereocenters. The molecule has 0 bridgehead atoms. The van der Waals surface area contributed by atoms with Gasteiger partial charge < -0.3 is 19.7 Å². The highest BCUT2D eigenvalue weighted by Crippen LogP contribution is 2.40.